The van der Waals surface area contributed by atoms with E-state index in [9.17, 15) is 9.59 Å². The maximum absolute atomic E-state index is 13.1. The fourth-order valence-electron chi connectivity index (χ4n) is 3.52. The summed E-state index contributed by atoms with van der Waals surface area (Å²) in [5.74, 6) is 0.268. The number of likely N-dealkylation sites (tertiary alicyclic amines) is 1. The van der Waals surface area contributed by atoms with Gasteiger partial charge in [0.1, 0.15) is 5.82 Å². The number of rotatable bonds is 3. The average molecular weight is 348 g/mol. The van der Waals surface area contributed by atoms with E-state index in [0.717, 1.165) is 23.6 Å². The van der Waals surface area contributed by atoms with E-state index < -0.39 is 0 Å². The van der Waals surface area contributed by atoms with Crippen LogP contribution in [0.4, 0.5) is 5.82 Å². The number of nitrogens with zero attached hydrogens (tertiary/aromatic N) is 2. The number of hydrogen-bond acceptors (Lipinski definition) is 3. The number of fused-ring (bicyclic) bond motifs is 1. The molecule has 1 aliphatic rings. The van der Waals surface area contributed by atoms with E-state index in [1.807, 2.05) is 42.5 Å². The van der Waals surface area contributed by atoms with Gasteiger partial charge in [0.15, 0.2) is 0 Å². The predicted molar refractivity (Wildman–Crippen MR) is 99.8 cm³/mol. The molecule has 2 aromatic carbocycles. The highest BCUT2D eigenvalue weighted by Gasteiger charge is 2.29. The molecule has 2 amide bonds. The number of carbonyl (C=O) groups is 2. The molecule has 6 nitrogen and oxygen atoms in total. The fraction of sp³-hybridized carbons (Fsp3) is 0.250. The molecular formula is C20H20N4O2. The lowest BCUT2D eigenvalue weighted by Crippen LogP contribution is -2.43. The molecule has 2 N–H and O–H groups in total. The predicted octanol–water partition coefficient (Wildman–Crippen LogP) is 3.05. The van der Waals surface area contributed by atoms with Crippen molar-refractivity contribution >= 4 is 28.4 Å². The summed E-state index contributed by atoms with van der Waals surface area (Å²) < 4.78 is 0. The zero-order valence-corrected chi connectivity index (χ0v) is 14.3. The minimum absolute atomic E-state index is 0.0131. The van der Waals surface area contributed by atoms with E-state index in [2.05, 4.69) is 15.5 Å². The highest BCUT2D eigenvalue weighted by atomic mass is 16.2. The van der Waals surface area contributed by atoms with Crippen molar-refractivity contribution in [3.63, 3.8) is 0 Å². The van der Waals surface area contributed by atoms with Crippen molar-refractivity contribution in [3.8, 4) is 0 Å². The first-order valence-electron chi connectivity index (χ1n) is 8.79. The molecule has 1 saturated heterocycles. The third-order valence-electron chi connectivity index (χ3n) is 4.86. The lowest BCUT2D eigenvalue weighted by Gasteiger charge is -2.32. The topological polar surface area (TPSA) is 78.1 Å². The Kier molecular flexibility index (Phi) is 4.39. The maximum Gasteiger partial charge on any atom is 0.254 e. The van der Waals surface area contributed by atoms with Gasteiger partial charge in [-0.2, -0.15) is 5.10 Å². The van der Waals surface area contributed by atoms with Gasteiger partial charge in [-0.05, 0) is 29.7 Å². The Morgan fingerprint density at radius 2 is 1.96 bits per heavy atom. The Balaban J connectivity index is 1.52. The molecule has 1 aliphatic heterocycles. The Morgan fingerprint density at radius 3 is 2.81 bits per heavy atom. The Labute approximate surface area is 151 Å². The third kappa shape index (κ3) is 3.18. The van der Waals surface area contributed by atoms with Crippen LogP contribution in [-0.2, 0) is 4.79 Å². The standard InChI is InChI=1S/C20H20N4O2/c25-19(22-18-10-11-21-23-18)15-7-4-12-24(13-15)20(26)17-9-3-6-14-5-1-2-8-16(14)17/h1-3,5-6,8-11,15H,4,7,12-13H2,(H2,21,22,23,25). The van der Waals surface area contributed by atoms with Crippen molar-refractivity contribution in [3.05, 3.63) is 60.3 Å². The average Bonchev–Trinajstić information content (AvgIpc) is 3.20. The summed E-state index contributed by atoms with van der Waals surface area (Å²) >= 11 is 0. The van der Waals surface area contributed by atoms with Gasteiger partial charge in [-0.1, -0.05) is 36.4 Å². The first kappa shape index (κ1) is 16.3. The van der Waals surface area contributed by atoms with E-state index in [1.165, 1.54) is 0 Å². The molecule has 6 heteroatoms. The smallest absolute Gasteiger partial charge is 0.254 e. The van der Waals surface area contributed by atoms with Crippen molar-refractivity contribution in [2.75, 3.05) is 18.4 Å². The molecule has 0 bridgehead atoms. The molecule has 1 fully saturated rings. The van der Waals surface area contributed by atoms with E-state index in [1.54, 1.807) is 17.2 Å². The number of piperidine rings is 1. The maximum atomic E-state index is 13.1. The molecule has 26 heavy (non-hydrogen) atoms. The molecule has 0 spiro atoms. The highest BCUT2D eigenvalue weighted by molar-refractivity contribution is 6.07. The number of H-pyrrole nitrogens is 1. The van der Waals surface area contributed by atoms with E-state index in [-0.39, 0.29) is 17.7 Å². The van der Waals surface area contributed by atoms with Gasteiger partial charge in [-0.25, -0.2) is 0 Å². The van der Waals surface area contributed by atoms with Crippen LogP contribution in [0.3, 0.4) is 0 Å². The monoisotopic (exact) mass is 348 g/mol. The summed E-state index contributed by atoms with van der Waals surface area (Å²) in [5.41, 5.74) is 0.692. The normalized spacial score (nSPS) is 17.2. The second-order valence-corrected chi connectivity index (χ2v) is 6.58. The van der Waals surface area contributed by atoms with Gasteiger partial charge in [0, 0.05) is 24.7 Å². The van der Waals surface area contributed by atoms with Gasteiger partial charge in [0.05, 0.1) is 12.1 Å². The molecule has 2 heterocycles. The van der Waals surface area contributed by atoms with Gasteiger partial charge in [0.25, 0.3) is 5.91 Å². The molecule has 0 radical (unpaired) electrons. The lowest BCUT2D eigenvalue weighted by molar-refractivity contribution is -0.121. The minimum Gasteiger partial charge on any atom is -0.338 e. The van der Waals surface area contributed by atoms with Crippen molar-refractivity contribution in [1.82, 2.24) is 15.1 Å². The number of hydrogen-bond donors (Lipinski definition) is 2. The number of benzene rings is 2. The largest absolute Gasteiger partial charge is 0.338 e. The number of amides is 2. The molecule has 1 aromatic heterocycles. The van der Waals surface area contributed by atoms with Crippen LogP contribution in [-0.4, -0.2) is 40.0 Å². The Hall–Kier alpha value is -3.15. The van der Waals surface area contributed by atoms with Crippen LogP contribution in [0.1, 0.15) is 23.2 Å². The Morgan fingerprint density at radius 1 is 1.12 bits per heavy atom. The molecule has 0 aliphatic carbocycles. The van der Waals surface area contributed by atoms with Crippen LogP contribution < -0.4 is 5.32 Å². The summed E-state index contributed by atoms with van der Waals surface area (Å²) in [6, 6.07) is 15.4. The summed E-state index contributed by atoms with van der Waals surface area (Å²) in [5, 5.41) is 11.4. The van der Waals surface area contributed by atoms with Crippen LogP contribution in [0, 0.1) is 5.92 Å². The second-order valence-electron chi connectivity index (χ2n) is 6.58. The van der Waals surface area contributed by atoms with Crippen molar-refractivity contribution in [2.45, 2.75) is 12.8 Å². The first-order valence-corrected chi connectivity index (χ1v) is 8.79. The quantitative estimate of drug-likeness (QED) is 0.764. The molecule has 3 aromatic rings. The van der Waals surface area contributed by atoms with Crippen molar-refractivity contribution in [1.29, 1.82) is 0 Å². The molecule has 0 saturated carbocycles. The van der Waals surface area contributed by atoms with Gasteiger partial charge < -0.3 is 10.2 Å². The van der Waals surface area contributed by atoms with Crippen LogP contribution in [0.25, 0.3) is 10.8 Å². The van der Waals surface area contributed by atoms with Crippen molar-refractivity contribution in [2.24, 2.45) is 5.92 Å². The number of nitrogens with one attached hydrogen (secondary N) is 2. The third-order valence-corrected chi connectivity index (χ3v) is 4.86. The fourth-order valence-corrected chi connectivity index (χ4v) is 3.52. The molecule has 4 rings (SSSR count). The van der Waals surface area contributed by atoms with Gasteiger partial charge >= 0.3 is 0 Å². The summed E-state index contributed by atoms with van der Waals surface area (Å²) in [4.78, 5) is 27.4. The van der Waals surface area contributed by atoms with Crippen LogP contribution in [0.2, 0.25) is 0 Å². The van der Waals surface area contributed by atoms with Crippen LogP contribution in [0.5, 0.6) is 0 Å². The highest BCUT2D eigenvalue weighted by Crippen LogP contribution is 2.24. The molecule has 1 atom stereocenters. The lowest BCUT2D eigenvalue weighted by atomic mass is 9.95. The second kappa shape index (κ2) is 7.00. The van der Waals surface area contributed by atoms with E-state index in [0.29, 0.717) is 24.5 Å². The van der Waals surface area contributed by atoms with Crippen molar-refractivity contribution < 1.29 is 9.59 Å². The van der Waals surface area contributed by atoms with E-state index >= 15 is 0 Å². The number of carbonyl (C=O) groups excluding carboxylic acids is 2. The minimum atomic E-state index is -0.217. The van der Waals surface area contributed by atoms with Crippen LogP contribution in [0.15, 0.2) is 54.7 Å². The SMILES string of the molecule is O=C(Nc1ccn[nH]1)C1CCCN(C(=O)c2cccc3ccccc23)C1. The van der Waals surface area contributed by atoms with Gasteiger partial charge in [0.2, 0.25) is 5.91 Å². The molecule has 1 unspecified atom stereocenters. The first-order chi connectivity index (χ1) is 12.7. The zero-order valence-electron chi connectivity index (χ0n) is 14.3. The summed E-state index contributed by atoms with van der Waals surface area (Å²) in [6.45, 7) is 1.11. The zero-order chi connectivity index (χ0) is 17.9. The molecular weight excluding hydrogens is 328 g/mol. The number of aromatic amines is 1. The van der Waals surface area contributed by atoms with Gasteiger partial charge in [-0.15, -0.1) is 0 Å². The molecule has 132 valence electrons. The Bertz CT molecular complexity index is 931. The van der Waals surface area contributed by atoms with Gasteiger partial charge in [-0.3, -0.25) is 14.7 Å². The van der Waals surface area contributed by atoms with E-state index in [4.69, 9.17) is 0 Å². The summed E-state index contributed by atoms with van der Waals surface area (Å²) in [7, 11) is 0. The number of aromatic nitrogens is 2. The number of anilines is 1. The van der Waals surface area contributed by atoms with Crippen LogP contribution >= 0.6 is 0 Å². The summed E-state index contributed by atoms with van der Waals surface area (Å²) in [6.07, 6.45) is 3.18.